The molecule has 0 spiro atoms. The van der Waals surface area contributed by atoms with E-state index < -0.39 is 18.3 Å². The fourth-order valence-electron chi connectivity index (χ4n) is 1.01. The second-order valence-corrected chi connectivity index (χ2v) is 3.18. The minimum atomic E-state index is -4.62. The van der Waals surface area contributed by atoms with Gasteiger partial charge in [-0.25, -0.2) is 0 Å². The Labute approximate surface area is 89.0 Å². The number of aryl methyl sites for hydroxylation is 1. The highest BCUT2D eigenvalue weighted by Crippen LogP contribution is 2.37. The zero-order valence-corrected chi connectivity index (χ0v) is 8.31. The summed E-state index contributed by atoms with van der Waals surface area (Å²) in [5, 5.41) is 0. The van der Waals surface area contributed by atoms with E-state index in [-0.39, 0.29) is 11.4 Å². The number of anilines is 2. The Morgan fingerprint density at radius 1 is 1.25 bits per heavy atom. The molecule has 7 heteroatoms. The van der Waals surface area contributed by atoms with Crippen molar-refractivity contribution >= 4 is 11.4 Å². The highest BCUT2D eigenvalue weighted by Gasteiger charge is 2.44. The van der Waals surface area contributed by atoms with Crippen LogP contribution in [-0.4, -0.2) is 12.5 Å². The van der Waals surface area contributed by atoms with E-state index in [0.717, 1.165) is 0 Å². The molecule has 0 amide bonds. The molecular weight excluding hydrogens is 228 g/mol. The molecule has 0 unspecified atom stereocenters. The van der Waals surface area contributed by atoms with Gasteiger partial charge in [0.25, 0.3) is 0 Å². The molecule has 3 nitrogen and oxygen atoms in total. The second-order valence-electron chi connectivity index (χ2n) is 3.18. The lowest BCUT2D eigenvalue weighted by molar-refractivity contribution is -0.252. The predicted molar refractivity (Wildman–Crippen MR) is 51.6 cm³/mol. The van der Waals surface area contributed by atoms with E-state index in [4.69, 9.17) is 11.5 Å². The summed E-state index contributed by atoms with van der Waals surface area (Å²) in [4.78, 5) is 0. The van der Waals surface area contributed by atoms with Crippen LogP contribution in [0.2, 0.25) is 0 Å². The summed E-state index contributed by atoms with van der Waals surface area (Å²) >= 11 is 0. The van der Waals surface area contributed by atoms with Gasteiger partial charge in [-0.2, -0.15) is 17.6 Å². The number of hydrogen-bond donors (Lipinski definition) is 2. The van der Waals surface area contributed by atoms with Crippen LogP contribution in [0.1, 0.15) is 5.56 Å². The number of nitrogens with two attached hydrogens (primary N) is 2. The molecule has 90 valence electrons. The van der Waals surface area contributed by atoms with Crippen LogP contribution >= 0.6 is 0 Å². The third kappa shape index (κ3) is 2.29. The average molecular weight is 238 g/mol. The van der Waals surface area contributed by atoms with Crippen LogP contribution in [0.5, 0.6) is 5.75 Å². The molecule has 0 fully saturated rings. The first-order valence-corrected chi connectivity index (χ1v) is 4.25. The van der Waals surface area contributed by atoms with E-state index in [1.165, 1.54) is 19.1 Å². The fraction of sp³-hybridized carbons (Fsp3) is 0.333. The van der Waals surface area contributed by atoms with Gasteiger partial charge in [-0.3, -0.25) is 0 Å². The van der Waals surface area contributed by atoms with Crippen molar-refractivity contribution in [1.82, 2.24) is 0 Å². The van der Waals surface area contributed by atoms with Crippen LogP contribution < -0.4 is 16.2 Å². The summed E-state index contributed by atoms with van der Waals surface area (Å²) in [5.41, 5.74) is 10.7. The van der Waals surface area contributed by atoms with Crippen molar-refractivity contribution in [2.45, 2.75) is 19.5 Å². The predicted octanol–water partition coefficient (Wildman–Crippen LogP) is 2.40. The standard InChI is InChI=1S/C9H10F4N2O/c1-4-2-3-5(14)7(6(4)15)16-9(12,13)8(10)11/h2-3,8H,14-15H2,1H3. The summed E-state index contributed by atoms with van der Waals surface area (Å²) in [6.07, 6.45) is -8.57. The summed E-state index contributed by atoms with van der Waals surface area (Å²) in [6, 6.07) is 2.72. The number of alkyl halides is 4. The lowest BCUT2D eigenvalue weighted by atomic mass is 10.1. The highest BCUT2D eigenvalue weighted by atomic mass is 19.3. The van der Waals surface area contributed by atoms with E-state index in [2.05, 4.69) is 4.74 Å². The third-order valence-corrected chi connectivity index (χ3v) is 1.94. The number of hydrogen-bond acceptors (Lipinski definition) is 3. The van der Waals surface area contributed by atoms with Gasteiger partial charge in [-0.15, -0.1) is 0 Å². The molecule has 1 rings (SSSR count). The third-order valence-electron chi connectivity index (χ3n) is 1.94. The molecule has 0 saturated heterocycles. The van der Waals surface area contributed by atoms with Crippen LogP contribution in [0.25, 0.3) is 0 Å². The smallest absolute Gasteiger partial charge is 0.424 e. The molecule has 1 aromatic carbocycles. The largest absolute Gasteiger partial charge is 0.461 e. The van der Waals surface area contributed by atoms with E-state index in [9.17, 15) is 17.6 Å². The maximum absolute atomic E-state index is 12.6. The SMILES string of the molecule is Cc1ccc(N)c(OC(F)(F)C(F)F)c1N. The second kappa shape index (κ2) is 4.07. The van der Waals surface area contributed by atoms with Crippen molar-refractivity contribution in [2.24, 2.45) is 0 Å². The zero-order chi connectivity index (χ0) is 12.5. The first-order valence-electron chi connectivity index (χ1n) is 4.25. The number of benzene rings is 1. The number of nitrogen functional groups attached to an aromatic ring is 2. The van der Waals surface area contributed by atoms with Gasteiger partial charge >= 0.3 is 12.5 Å². The molecule has 0 aliphatic carbocycles. The van der Waals surface area contributed by atoms with E-state index in [1.54, 1.807) is 0 Å². The summed E-state index contributed by atoms with van der Waals surface area (Å²) in [6.45, 7) is 1.52. The van der Waals surface area contributed by atoms with Crippen LogP contribution in [0.4, 0.5) is 28.9 Å². The Kier molecular flexibility index (Phi) is 3.16. The monoisotopic (exact) mass is 238 g/mol. The highest BCUT2D eigenvalue weighted by molar-refractivity contribution is 5.70. The van der Waals surface area contributed by atoms with Gasteiger partial charge in [0.05, 0.1) is 11.4 Å². The molecule has 1 aromatic rings. The van der Waals surface area contributed by atoms with Gasteiger partial charge in [0, 0.05) is 0 Å². The molecule has 0 aliphatic heterocycles. The van der Waals surface area contributed by atoms with Gasteiger partial charge < -0.3 is 16.2 Å². The molecule has 0 aliphatic rings. The number of ether oxygens (including phenoxy) is 1. The van der Waals surface area contributed by atoms with Gasteiger partial charge in [0.2, 0.25) is 0 Å². The Morgan fingerprint density at radius 3 is 2.31 bits per heavy atom. The van der Waals surface area contributed by atoms with E-state index >= 15 is 0 Å². The van der Waals surface area contributed by atoms with Crippen molar-refractivity contribution in [3.05, 3.63) is 17.7 Å². The first kappa shape index (κ1) is 12.4. The van der Waals surface area contributed by atoms with Crippen LogP contribution in [0.3, 0.4) is 0 Å². The Morgan fingerprint density at radius 2 is 1.81 bits per heavy atom. The van der Waals surface area contributed by atoms with Crippen molar-refractivity contribution in [3.63, 3.8) is 0 Å². The van der Waals surface area contributed by atoms with Gasteiger partial charge in [0.15, 0.2) is 5.75 Å². The Hall–Kier alpha value is -1.66. The van der Waals surface area contributed by atoms with Crippen molar-refractivity contribution in [3.8, 4) is 5.75 Å². The molecule has 0 radical (unpaired) electrons. The summed E-state index contributed by atoms with van der Waals surface area (Å²) < 4.78 is 53.0. The molecule has 16 heavy (non-hydrogen) atoms. The average Bonchev–Trinajstić information content (AvgIpc) is 2.18. The normalized spacial score (nSPS) is 11.9. The van der Waals surface area contributed by atoms with Gasteiger partial charge in [-0.1, -0.05) is 6.07 Å². The van der Waals surface area contributed by atoms with Gasteiger partial charge in [-0.05, 0) is 18.6 Å². The molecule has 4 N–H and O–H groups in total. The minimum Gasteiger partial charge on any atom is -0.424 e. The van der Waals surface area contributed by atoms with Crippen molar-refractivity contribution in [2.75, 3.05) is 11.5 Å². The molecule has 0 saturated carbocycles. The number of rotatable bonds is 3. The van der Waals surface area contributed by atoms with E-state index in [0.29, 0.717) is 5.56 Å². The minimum absolute atomic E-state index is 0.180. The lowest BCUT2D eigenvalue weighted by Gasteiger charge is -2.19. The van der Waals surface area contributed by atoms with Crippen LogP contribution in [0, 0.1) is 6.92 Å². The quantitative estimate of drug-likeness (QED) is 0.627. The van der Waals surface area contributed by atoms with E-state index in [1.807, 2.05) is 0 Å². The topological polar surface area (TPSA) is 61.3 Å². The molecule has 0 bridgehead atoms. The summed E-state index contributed by atoms with van der Waals surface area (Å²) in [7, 11) is 0. The lowest BCUT2D eigenvalue weighted by Crippen LogP contribution is -2.34. The van der Waals surface area contributed by atoms with Crippen LogP contribution in [0.15, 0.2) is 12.1 Å². The molecule has 0 aromatic heterocycles. The molecule has 0 atom stereocenters. The molecular formula is C9H10F4N2O. The maximum Gasteiger partial charge on any atom is 0.461 e. The zero-order valence-electron chi connectivity index (χ0n) is 8.31. The van der Waals surface area contributed by atoms with Crippen LogP contribution in [-0.2, 0) is 0 Å². The Bertz CT molecular complexity index is 395. The molecule has 0 heterocycles. The summed E-state index contributed by atoms with van der Waals surface area (Å²) in [5.74, 6) is -0.620. The number of halogens is 4. The van der Waals surface area contributed by atoms with Gasteiger partial charge in [0.1, 0.15) is 0 Å². The fourth-order valence-corrected chi connectivity index (χ4v) is 1.01. The van der Waals surface area contributed by atoms with Crippen molar-refractivity contribution < 1.29 is 22.3 Å². The first-order chi connectivity index (χ1) is 7.25. The maximum atomic E-state index is 12.6. The Balaban J connectivity index is 3.11. The van der Waals surface area contributed by atoms with Crippen molar-refractivity contribution in [1.29, 1.82) is 0 Å².